The molecule has 0 radical (unpaired) electrons. The van der Waals surface area contributed by atoms with Crippen molar-refractivity contribution in [3.05, 3.63) is 327 Å². The van der Waals surface area contributed by atoms with Crippen LogP contribution in [0.4, 0.5) is 17.1 Å². The lowest BCUT2D eigenvalue weighted by atomic mass is 9.68. The zero-order valence-corrected chi connectivity index (χ0v) is 51.4. The van der Waals surface area contributed by atoms with Crippen molar-refractivity contribution in [3.8, 4) is 66.8 Å². The van der Waals surface area contributed by atoms with Gasteiger partial charge >= 0.3 is 0 Å². The second-order valence-electron chi connectivity index (χ2n) is 27.8. The third-order valence-electron chi connectivity index (χ3n) is 22.8. The standard InChI is InChI=1S/C88H59NO2/c1-48-35-41-73(49(2)43-48)89(50-37-39-58-69(44-50)86(5,6)82-79(58)80-60-27-13-20-34-75(60)91-84(80)81-57-25-11-14-28-63(57)85(3,4)83(81)82)51-36-38-56-61-46-72-62(47-71(61)88(70(56)45-51)66-31-17-9-23-54(66)55-24-10-18-32-67(55)88)77-68(40-42-76-78(77)59-26-12-19-33-74(59)90-76)87(72)64-29-15-7-21-52(64)53-22-8-16-30-65(53)87/h7-47H,1-6H3. The van der Waals surface area contributed by atoms with Crippen LogP contribution in [-0.4, -0.2) is 0 Å². The molecule has 21 rings (SSSR count). The van der Waals surface area contributed by atoms with E-state index < -0.39 is 10.8 Å². The molecular weight excluding hydrogens is 1100 g/mol. The average Bonchev–Trinajstić information content (AvgIpc) is 1.50. The summed E-state index contributed by atoms with van der Waals surface area (Å²) >= 11 is 0. The SMILES string of the molecule is Cc1ccc(N(c2ccc3c(c2)C(C)(C)c2c4c(c5oc6ccccc6c5c2-3)-c2ccccc2C4(C)C)c2ccc3c(c2)C2(c4ccccc4-c4ccccc42)c2cc4c(cc2-3)C2(c3ccccc3-c3ccccc32)c2ccc3oc5ccccc5c3c2-4)c(C)c1. The predicted molar refractivity (Wildman–Crippen MR) is 373 cm³/mol. The minimum absolute atomic E-state index is 0.262. The Morgan fingerprint density at radius 2 is 0.758 bits per heavy atom. The molecule has 13 aromatic carbocycles. The first-order valence-corrected chi connectivity index (χ1v) is 32.3. The summed E-state index contributed by atoms with van der Waals surface area (Å²) in [5.41, 5.74) is 39.0. The van der Waals surface area contributed by atoms with Crippen molar-refractivity contribution in [2.75, 3.05) is 4.90 Å². The highest BCUT2D eigenvalue weighted by Crippen LogP contribution is 2.70. The van der Waals surface area contributed by atoms with Gasteiger partial charge in [-0.15, -0.1) is 0 Å². The Kier molecular flexibility index (Phi) is 9.23. The van der Waals surface area contributed by atoms with E-state index in [4.69, 9.17) is 8.83 Å². The third kappa shape index (κ3) is 5.77. The van der Waals surface area contributed by atoms with Crippen LogP contribution in [0.15, 0.2) is 258 Å². The molecule has 6 aliphatic carbocycles. The molecule has 0 bridgehead atoms. The fraction of sp³-hybridized carbons (Fsp3) is 0.114. The number of anilines is 3. The van der Waals surface area contributed by atoms with E-state index in [1.165, 1.54) is 155 Å². The maximum atomic E-state index is 7.11. The van der Waals surface area contributed by atoms with Gasteiger partial charge in [0, 0.05) is 55.0 Å². The maximum Gasteiger partial charge on any atom is 0.144 e. The molecule has 0 atom stereocenters. The lowest BCUT2D eigenvalue weighted by Crippen LogP contribution is -2.27. The Bertz CT molecular complexity index is 5800. The molecule has 0 fully saturated rings. The van der Waals surface area contributed by atoms with Gasteiger partial charge in [0.05, 0.1) is 10.8 Å². The summed E-state index contributed by atoms with van der Waals surface area (Å²) in [6, 6.07) is 95.1. The number of benzene rings is 13. The van der Waals surface area contributed by atoms with Crippen LogP contribution < -0.4 is 4.90 Å². The summed E-state index contributed by atoms with van der Waals surface area (Å²) in [4.78, 5) is 2.57. The monoisotopic (exact) mass is 1160 g/mol. The van der Waals surface area contributed by atoms with Crippen LogP contribution in [0, 0.1) is 13.8 Å². The summed E-state index contributed by atoms with van der Waals surface area (Å²) in [5.74, 6) is 0. The van der Waals surface area contributed by atoms with E-state index in [1.807, 2.05) is 0 Å². The average molecular weight is 1160 g/mol. The first kappa shape index (κ1) is 50.2. The van der Waals surface area contributed by atoms with Crippen LogP contribution in [0.25, 0.3) is 111 Å². The normalized spacial score (nSPS) is 15.7. The summed E-state index contributed by atoms with van der Waals surface area (Å²) in [6.07, 6.45) is 0. The molecule has 0 unspecified atom stereocenters. The lowest BCUT2D eigenvalue weighted by Gasteiger charge is -2.34. The first-order chi connectivity index (χ1) is 44.5. The predicted octanol–water partition coefficient (Wildman–Crippen LogP) is 22.9. The number of hydrogen-bond donors (Lipinski definition) is 0. The van der Waals surface area contributed by atoms with Gasteiger partial charge in [0.25, 0.3) is 0 Å². The Morgan fingerprint density at radius 3 is 1.40 bits per heavy atom. The molecule has 3 heteroatoms. The fourth-order valence-corrected chi connectivity index (χ4v) is 19.3. The molecule has 2 aromatic heterocycles. The molecule has 0 amide bonds. The van der Waals surface area contributed by atoms with E-state index in [9.17, 15) is 0 Å². The minimum atomic E-state index is -0.671. The number of rotatable bonds is 3. The maximum absolute atomic E-state index is 7.11. The van der Waals surface area contributed by atoms with Gasteiger partial charge in [-0.1, -0.05) is 221 Å². The van der Waals surface area contributed by atoms with Crippen molar-refractivity contribution in [2.45, 2.75) is 63.2 Å². The number of para-hydroxylation sites is 2. The first-order valence-electron chi connectivity index (χ1n) is 32.3. The van der Waals surface area contributed by atoms with Crippen LogP contribution >= 0.6 is 0 Å². The van der Waals surface area contributed by atoms with E-state index in [2.05, 4.69) is 295 Å². The summed E-state index contributed by atoms with van der Waals surface area (Å²) in [5, 5.41) is 4.70. The van der Waals surface area contributed by atoms with E-state index in [0.717, 1.165) is 50.2 Å². The molecule has 0 aliphatic heterocycles. The van der Waals surface area contributed by atoms with Crippen molar-refractivity contribution in [1.29, 1.82) is 0 Å². The highest BCUT2D eigenvalue weighted by atomic mass is 16.3. The van der Waals surface area contributed by atoms with Crippen LogP contribution in [0.3, 0.4) is 0 Å². The number of aryl methyl sites for hydroxylation is 2. The Labute approximate surface area is 528 Å². The Hall–Kier alpha value is -10.7. The minimum Gasteiger partial charge on any atom is -0.456 e. The number of hydrogen-bond acceptors (Lipinski definition) is 3. The van der Waals surface area contributed by atoms with Crippen molar-refractivity contribution in [3.63, 3.8) is 0 Å². The van der Waals surface area contributed by atoms with Crippen molar-refractivity contribution in [1.82, 2.24) is 0 Å². The molecule has 0 saturated heterocycles. The second kappa shape index (κ2) is 16.7. The zero-order valence-electron chi connectivity index (χ0n) is 51.4. The zero-order chi connectivity index (χ0) is 60.3. The molecule has 15 aromatic rings. The third-order valence-corrected chi connectivity index (χ3v) is 22.8. The van der Waals surface area contributed by atoms with Crippen LogP contribution in [0.1, 0.15) is 106 Å². The second-order valence-corrected chi connectivity index (χ2v) is 27.8. The van der Waals surface area contributed by atoms with Crippen LogP contribution in [0.2, 0.25) is 0 Å². The van der Waals surface area contributed by atoms with Gasteiger partial charge in [-0.05, 0) is 208 Å². The molecule has 6 aliphatic rings. The Balaban J connectivity index is 0.839. The smallest absolute Gasteiger partial charge is 0.144 e. The number of furan rings is 2. The summed E-state index contributed by atoms with van der Waals surface area (Å²) in [7, 11) is 0. The molecule has 2 spiro atoms. The molecule has 0 saturated carbocycles. The molecule has 0 N–H and O–H groups in total. The topological polar surface area (TPSA) is 29.5 Å². The highest BCUT2D eigenvalue weighted by Gasteiger charge is 2.57. The highest BCUT2D eigenvalue weighted by molar-refractivity contribution is 6.21. The van der Waals surface area contributed by atoms with E-state index >= 15 is 0 Å². The van der Waals surface area contributed by atoms with E-state index in [-0.39, 0.29) is 10.8 Å². The van der Waals surface area contributed by atoms with Crippen molar-refractivity contribution < 1.29 is 8.83 Å². The van der Waals surface area contributed by atoms with Crippen LogP contribution in [-0.2, 0) is 21.7 Å². The fourth-order valence-electron chi connectivity index (χ4n) is 19.3. The lowest BCUT2D eigenvalue weighted by molar-refractivity contribution is 0.600. The van der Waals surface area contributed by atoms with Gasteiger partial charge in [0.15, 0.2) is 0 Å². The van der Waals surface area contributed by atoms with Crippen molar-refractivity contribution in [2.24, 2.45) is 0 Å². The van der Waals surface area contributed by atoms with Crippen LogP contribution in [0.5, 0.6) is 0 Å². The van der Waals surface area contributed by atoms with E-state index in [0.29, 0.717) is 0 Å². The van der Waals surface area contributed by atoms with Gasteiger partial charge in [0.1, 0.15) is 22.3 Å². The summed E-state index contributed by atoms with van der Waals surface area (Å²) in [6.45, 7) is 14.3. The molecular formula is C88H59NO2. The van der Waals surface area contributed by atoms with E-state index in [1.54, 1.807) is 0 Å². The largest absolute Gasteiger partial charge is 0.456 e. The van der Waals surface area contributed by atoms with Gasteiger partial charge in [0.2, 0.25) is 0 Å². The van der Waals surface area contributed by atoms with Gasteiger partial charge in [-0.3, -0.25) is 0 Å². The van der Waals surface area contributed by atoms with Gasteiger partial charge < -0.3 is 13.7 Å². The van der Waals surface area contributed by atoms with Gasteiger partial charge in [-0.25, -0.2) is 0 Å². The number of nitrogens with zero attached hydrogens (tertiary/aromatic N) is 1. The molecule has 2 heterocycles. The number of fused-ring (bicyclic) bond motifs is 36. The molecule has 91 heavy (non-hydrogen) atoms. The molecule has 3 nitrogen and oxygen atoms in total. The van der Waals surface area contributed by atoms with Crippen molar-refractivity contribution >= 4 is 60.9 Å². The molecule has 428 valence electrons. The Morgan fingerprint density at radius 1 is 0.297 bits per heavy atom. The quantitative estimate of drug-likeness (QED) is 0.177. The summed E-state index contributed by atoms with van der Waals surface area (Å²) < 4.78 is 14.0. The van der Waals surface area contributed by atoms with Gasteiger partial charge in [-0.2, -0.15) is 0 Å².